The van der Waals surface area contributed by atoms with Gasteiger partial charge in [-0.2, -0.15) is 0 Å². The number of ether oxygens (including phenoxy) is 1. The molecular formula is C20H22F2N2O4. The molecule has 0 aliphatic carbocycles. The average Bonchev–Trinajstić information content (AvgIpc) is 2.60. The lowest BCUT2D eigenvalue weighted by Crippen LogP contribution is -2.29. The molecule has 2 N–H and O–H groups in total. The number of amides is 1. The molecule has 0 saturated carbocycles. The minimum atomic E-state index is -0.918. The average molecular weight is 392 g/mol. The summed E-state index contributed by atoms with van der Waals surface area (Å²) in [7, 11) is 4.91. The fourth-order valence-corrected chi connectivity index (χ4v) is 2.66. The predicted octanol–water partition coefficient (Wildman–Crippen LogP) is 2.21. The number of nitrogens with one attached hydrogen (secondary N) is 1. The summed E-state index contributed by atoms with van der Waals surface area (Å²) in [5, 5.41) is 12.3. The second-order valence-corrected chi connectivity index (χ2v) is 6.51. The van der Waals surface area contributed by atoms with Crippen LogP contribution < -0.4 is 10.1 Å². The molecule has 0 aliphatic heterocycles. The number of nitrogens with zero attached hydrogens (tertiary/aromatic N) is 1. The smallest absolute Gasteiger partial charge is 0.313 e. The maximum atomic E-state index is 14.1. The lowest BCUT2D eigenvalue weighted by atomic mass is 10.0. The van der Waals surface area contributed by atoms with Crippen LogP contribution in [-0.2, 0) is 4.79 Å². The Labute approximate surface area is 161 Å². The molecule has 1 atom stereocenters. The summed E-state index contributed by atoms with van der Waals surface area (Å²) in [6.45, 7) is 0.278. The molecule has 2 aromatic rings. The molecule has 0 spiro atoms. The summed E-state index contributed by atoms with van der Waals surface area (Å²) < 4.78 is 32.4. The highest BCUT2D eigenvalue weighted by Crippen LogP contribution is 2.29. The van der Waals surface area contributed by atoms with Crippen LogP contribution in [0.1, 0.15) is 16.8 Å². The van der Waals surface area contributed by atoms with Gasteiger partial charge in [0.05, 0.1) is 18.1 Å². The zero-order valence-electron chi connectivity index (χ0n) is 15.8. The molecular weight excluding hydrogens is 370 g/mol. The molecule has 0 radical (unpaired) electrons. The molecule has 2 aromatic carbocycles. The molecule has 1 unspecified atom stereocenters. The molecule has 0 fully saturated rings. The summed E-state index contributed by atoms with van der Waals surface area (Å²) in [5.74, 6) is -2.76. The molecule has 0 aromatic heterocycles. The van der Waals surface area contributed by atoms with E-state index in [1.165, 1.54) is 31.3 Å². The van der Waals surface area contributed by atoms with E-state index in [1.807, 2.05) is 0 Å². The molecule has 0 saturated heterocycles. The number of rotatable bonds is 7. The van der Waals surface area contributed by atoms with Crippen LogP contribution in [0.2, 0.25) is 0 Å². The first-order valence-corrected chi connectivity index (χ1v) is 8.56. The van der Waals surface area contributed by atoms with Gasteiger partial charge in [0.2, 0.25) is 0 Å². The molecule has 0 heterocycles. The molecule has 28 heavy (non-hydrogen) atoms. The molecule has 6 nitrogen and oxygen atoms in total. The number of esters is 1. The van der Waals surface area contributed by atoms with E-state index < -0.39 is 29.6 Å². The largest absolute Gasteiger partial charge is 0.426 e. The predicted molar refractivity (Wildman–Crippen MR) is 100.0 cm³/mol. The summed E-state index contributed by atoms with van der Waals surface area (Å²) in [6.07, 6.45) is -1.17. The molecule has 8 heteroatoms. The Balaban J connectivity index is 2.30. The number of benzene rings is 2. The highest BCUT2D eigenvalue weighted by atomic mass is 19.1. The lowest BCUT2D eigenvalue weighted by molar-refractivity contribution is -0.136. The number of halogens is 2. The molecule has 150 valence electrons. The zero-order chi connectivity index (χ0) is 20.8. The first-order chi connectivity index (χ1) is 13.2. The van der Waals surface area contributed by atoms with Crippen molar-refractivity contribution in [2.45, 2.75) is 12.5 Å². The lowest BCUT2D eigenvalue weighted by Gasteiger charge is -2.16. The van der Waals surface area contributed by atoms with Gasteiger partial charge < -0.3 is 20.1 Å². The van der Waals surface area contributed by atoms with Gasteiger partial charge in [0.1, 0.15) is 17.4 Å². The summed E-state index contributed by atoms with van der Waals surface area (Å²) in [6, 6.07) is 7.29. The van der Waals surface area contributed by atoms with E-state index >= 15 is 0 Å². The van der Waals surface area contributed by atoms with Crippen molar-refractivity contribution in [3.8, 4) is 16.9 Å². The van der Waals surface area contributed by atoms with Crippen molar-refractivity contribution in [3.05, 3.63) is 53.6 Å². The quantitative estimate of drug-likeness (QED) is 0.558. The Morgan fingerprint density at radius 1 is 1.18 bits per heavy atom. The maximum Gasteiger partial charge on any atom is 0.313 e. The van der Waals surface area contributed by atoms with Gasteiger partial charge in [-0.1, -0.05) is 6.07 Å². The van der Waals surface area contributed by atoms with Crippen molar-refractivity contribution < 1.29 is 28.2 Å². The van der Waals surface area contributed by atoms with Crippen LogP contribution in [0.5, 0.6) is 5.75 Å². The van der Waals surface area contributed by atoms with Gasteiger partial charge in [0, 0.05) is 25.2 Å². The van der Waals surface area contributed by atoms with E-state index in [4.69, 9.17) is 4.74 Å². The number of carbonyl (C=O) groups excluding carboxylic acids is 2. The number of carbonyl (C=O) groups is 2. The highest BCUT2D eigenvalue weighted by molar-refractivity contribution is 5.98. The van der Waals surface area contributed by atoms with Crippen LogP contribution >= 0.6 is 0 Å². The summed E-state index contributed by atoms with van der Waals surface area (Å²) in [5.41, 5.74) is 0.438. The van der Waals surface area contributed by atoms with Crippen LogP contribution in [0.15, 0.2) is 36.4 Å². The minimum absolute atomic E-state index is 0.0131. The zero-order valence-corrected chi connectivity index (χ0v) is 15.8. The van der Waals surface area contributed by atoms with E-state index in [1.54, 1.807) is 19.0 Å². The first kappa shape index (κ1) is 21.5. The van der Waals surface area contributed by atoms with Gasteiger partial charge >= 0.3 is 5.97 Å². The van der Waals surface area contributed by atoms with Crippen LogP contribution in [0.25, 0.3) is 11.1 Å². The van der Waals surface area contributed by atoms with E-state index in [-0.39, 0.29) is 29.8 Å². The third kappa shape index (κ3) is 5.58. The van der Waals surface area contributed by atoms with Crippen molar-refractivity contribution in [2.24, 2.45) is 0 Å². The van der Waals surface area contributed by atoms with Gasteiger partial charge in [-0.25, -0.2) is 8.78 Å². The van der Waals surface area contributed by atoms with Crippen molar-refractivity contribution in [1.82, 2.24) is 10.2 Å². The van der Waals surface area contributed by atoms with Crippen LogP contribution in [0.3, 0.4) is 0 Å². The number of hydrogen-bond acceptors (Lipinski definition) is 5. The second-order valence-electron chi connectivity index (χ2n) is 6.51. The Morgan fingerprint density at radius 2 is 1.89 bits per heavy atom. The van der Waals surface area contributed by atoms with Crippen LogP contribution in [0.4, 0.5) is 8.78 Å². The third-order valence-electron chi connectivity index (χ3n) is 3.90. The normalized spacial score (nSPS) is 12.0. The van der Waals surface area contributed by atoms with Gasteiger partial charge in [-0.3, -0.25) is 9.59 Å². The summed E-state index contributed by atoms with van der Waals surface area (Å²) >= 11 is 0. The number of aliphatic hydroxyl groups excluding tert-OH is 1. The highest BCUT2D eigenvalue weighted by Gasteiger charge is 2.19. The Hall–Kier alpha value is -2.84. The second kappa shape index (κ2) is 9.38. The number of hydrogen-bond donors (Lipinski definition) is 2. The van der Waals surface area contributed by atoms with E-state index in [0.29, 0.717) is 5.56 Å². The SMILES string of the molecule is CNC(=O)c1cc(-c2ccc(F)cc2F)ccc1OC(=O)CC(O)CN(C)C. The molecule has 0 bridgehead atoms. The van der Waals surface area contributed by atoms with Gasteiger partial charge in [0.15, 0.2) is 0 Å². The number of aliphatic hydroxyl groups is 1. The fourth-order valence-electron chi connectivity index (χ4n) is 2.66. The number of likely N-dealkylation sites (N-methyl/N-ethyl adjacent to an activating group) is 1. The Morgan fingerprint density at radius 3 is 2.50 bits per heavy atom. The van der Waals surface area contributed by atoms with E-state index in [9.17, 15) is 23.5 Å². The standard InChI is InChI=1S/C20H22F2N2O4/c1-23-20(27)16-8-12(15-6-5-13(21)9-17(15)22)4-7-18(16)28-19(26)10-14(25)11-24(2)3/h4-9,14,25H,10-11H2,1-3H3,(H,23,27). The Kier molecular flexibility index (Phi) is 7.19. The Bertz CT molecular complexity index is 871. The minimum Gasteiger partial charge on any atom is -0.426 e. The van der Waals surface area contributed by atoms with Crippen molar-refractivity contribution in [2.75, 3.05) is 27.7 Å². The van der Waals surface area contributed by atoms with Gasteiger partial charge in [-0.05, 0) is 43.9 Å². The fraction of sp³-hybridized carbons (Fsp3) is 0.300. The monoisotopic (exact) mass is 392 g/mol. The van der Waals surface area contributed by atoms with Crippen LogP contribution in [0, 0.1) is 11.6 Å². The van der Waals surface area contributed by atoms with E-state index in [2.05, 4.69) is 5.32 Å². The first-order valence-electron chi connectivity index (χ1n) is 8.56. The molecule has 2 rings (SSSR count). The molecule has 1 amide bonds. The van der Waals surface area contributed by atoms with Crippen molar-refractivity contribution in [1.29, 1.82) is 0 Å². The summed E-state index contributed by atoms with van der Waals surface area (Å²) in [4.78, 5) is 26.0. The van der Waals surface area contributed by atoms with Gasteiger partial charge in [-0.15, -0.1) is 0 Å². The van der Waals surface area contributed by atoms with Crippen molar-refractivity contribution >= 4 is 11.9 Å². The van der Waals surface area contributed by atoms with Gasteiger partial charge in [0.25, 0.3) is 5.91 Å². The third-order valence-corrected chi connectivity index (χ3v) is 3.90. The van der Waals surface area contributed by atoms with E-state index in [0.717, 1.165) is 12.1 Å². The van der Waals surface area contributed by atoms with Crippen LogP contribution in [-0.4, -0.2) is 55.7 Å². The molecule has 0 aliphatic rings. The topological polar surface area (TPSA) is 78.9 Å². The maximum absolute atomic E-state index is 14.1. The van der Waals surface area contributed by atoms with Crippen molar-refractivity contribution in [3.63, 3.8) is 0 Å².